The van der Waals surface area contributed by atoms with Crippen LogP contribution < -0.4 is 0 Å². The summed E-state index contributed by atoms with van der Waals surface area (Å²) in [6, 6.07) is 9.68. The van der Waals surface area contributed by atoms with Gasteiger partial charge in [-0.1, -0.05) is 12.1 Å². The Morgan fingerprint density at radius 2 is 1.90 bits per heavy atom. The third-order valence-electron chi connectivity index (χ3n) is 2.89. The maximum atomic E-state index is 12.2. The summed E-state index contributed by atoms with van der Waals surface area (Å²) >= 11 is 0. The molecule has 20 heavy (non-hydrogen) atoms. The summed E-state index contributed by atoms with van der Waals surface area (Å²) in [6.07, 6.45) is 1.50. The summed E-state index contributed by atoms with van der Waals surface area (Å²) in [4.78, 5) is 16.2. The van der Waals surface area contributed by atoms with E-state index in [1.54, 1.807) is 25.1 Å². The SMILES string of the molecule is Cc1cccc(S(=O)(=O)CC(=O)c2ccnc(C)c2)c1. The van der Waals surface area contributed by atoms with E-state index in [2.05, 4.69) is 4.98 Å². The van der Waals surface area contributed by atoms with E-state index in [1.165, 1.54) is 18.3 Å². The van der Waals surface area contributed by atoms with Gasteiger partial charge in [0.2, 0.25) is 0 Å². The Bertz CT molecular complexity index is 751. The van der Waals surface area contributed by atoms with Crippen LogP contribution in [0.3, 0.4) is 0 Å². The van der Waals surface area contributed by atoms with E-state index in [4.69, 9.17) is 0 Å². The van der Waals surface area contributed by atoms with Crippen LogP contribution in [-0.4, -0.2) is 24.9 Å². The number of aryl methyl sites for hydroxylation is 2. The first-order chi connectivity index (χ1) is 9.38. The zero-order valence-electron chi connectivity index (χ0n) is 11.3. The minimum atomic E-state index is -3.61. The van der Waals surface area contributed by atoms with E-state index in [0.717, 1.165) is 5.56 Å². The number of Topliss-reactive ketones (excluding diaryl/α,β-unsaturated/α-hetero) is 1. The molecule has 2 rings (SSSR count). The number of aromatic nitrogens is 1. The van der Waals surface area contributed by atoms with E-state index < -0.39 is 21.4 Å². The number of ketones is 1. The molecule has 0 amide bonds. The Kier molecular flexibility index (Phi) is 3.99. The van der Waals surface area contributed by atoms with Gasteiger partial charge in [-0.3, -0.25) is 9.78 Å². The summed E-state index contributed by atoms with van der Waals surface area (Å²) in [5, 5.41) is 0. The molecule has 0 bridgehead atoms. The molecule has 5 heteroatoms. The first-order valence-electron chi connectivity index (χ1n) is 6.14. The van der Waals surface area contributed by atoms with Gasteiger partial charge in [-0.25, -0.2) is 8.42 Å². The van der Waals surface area contributed by atoms with Crippen molar-refractivity contribution < 1.29 is 13.2 Å². The Morgan fingerprint density at radius 3 is 2.55 bits per heavy atom. The number of carbonyl (C=O) groups excluding carboxylic acids is 1. The molecule has 0 saturated heterocycles. The highest BCUT2D eigenvalue weighted by molar-refractivity contribution is 7.92. The number of hydrogen-bond donors (Lipinski definition) is 0. The van der Waals surface area contributed by atoms with E-state index in [0.29, 0.717) is 11.3 Å². The number of pyridine rings is 1. The van der Waals surface area contributed by atoms with Crippen molar-refractivity contribution in [2.75, 3.05) is 5.75 Å². The lowest BCUT2D eigenvalue weighted by Gasteiger charge is -2.05. The largest absolute Gasteiger partial charge is 0.293 e. The van der Waals surface area contributed by atoms with Crippen LogP contribution in [0, 0.1) is 13.8 Å². The summed E-state index contributed by atoms with van der Waals surface area (Å²) < 4.78 is 24.4. The van der Waals surface area contributed by atoms with E-state index in [9.17, 15) is 13.2 Å². The maximum Gasteiger partial charge on any atom is 0.185 e. The second-order valence-corrected chi connectivity index (χ2v) is 6.67. The van der Waals surface area contributed by atoms with Crippen molar-refractivity contribution in [3.63, 3.8) is 0 Å². The Labute approximate surface area is 118 Å². The standard InChI is InChI=1S/C15H15NO3S/c1-11-4-3-5-14(8-11)20(18,19)10-15(17)13-6-7-16-12(2)9-13/h3-9H,10H2,1-2H3. The predicted octanol–water partition coefficient (Wildman–Crippen LogP) is 2.36. The number of nitrogens with zero attached hydrogens (tertiary/aromatic N) is 1. The molecule has 0 radical (unpaired) electrons. The van der Waals surface area contributed by atoms with Crippen LogP contribution in [0.5, 0.6) is 0 Å². The lowest BCUT2D eigenvalue weighted by Crippen LogP contribution is -2.16. The summed E-state index contributed by atoms with van der Waals surface area (Å²) in [6.45, 7) is 3.57. The van der Waals surface area contributed by atoms with E-state index in [1.807, 2.05) is 13.0 Å². The highest BCUT2D eigenvalue weighted by Crippen LogP contribution is 2.14. The van der Waals surface area contributed by atoms with E-state index in [-0.39, 0.29) is 4.90 Å². The molecule has 0 N–H and O–H groups in total. The minimum Gasteiger partial charge on any atom is -0.293 e. The van der Waals surface area contributed by atoms with Gasteiger partial charge < -0.3 is 0 Å². The van der Waals surface area contributed by atoms with Crippen molar-refractivity contribution in [2.24, 2.45) is 0 Å². The van der Waals surface area contributed by atoms with Crippen molar-refractivity contribution in [3.8, 4) is 0 Å². The van der Waals surface area contributed by atoms with Gasteiger partial charge in [0.05, 0.1) is 4.90 Å². The maximum absolute atomic E-state index is 12.2. The molecular formula is C15H15NO3S. The van der Waals surface area contributed by atoms with Crippen LogP contribution in [0.15, 0.2) is 47.5 Å². The van der Waals surface area contributed by atoms with Gasteiger partial charge in [0.15, 0.2) is 15.6 Å². The van der Waals surface area contributed by atoms with Crippen LogP contribution >= 0.6 is 0 Å². The normalized spacial score (nSPS) is 11.3. The smallest absolute Gasteiger partial charge is 0.185 e. The van der Waals surface area contributed by atoms with Gasteiger partial charge in [0.1, 0.15) is 5.75 Å². The Morgan fingerprint density at radius 1 is 1.15 bits per heavy atom. The van der Waals surface area contributed by atoms with Gasteiger partial charge in [0.25, 0.3) is 0 Å². The highest BCUT2D eigenvalue weighted by Gasteiger charge is 2.20. The molecule has 104 valence electrons. The molecule has 0 aliphatic carbocycles. The molecule has 1 heterocycles. The van der Waals surface area contributed by atoms with Crippen molar-refractivity contribution in [1.29, 1.82) is 0 Å². The zero-order chi connectivity index (χ0) is 14.8. The monoisotopic (exact) mass is 289 g/mol. The quantitative estimate of drug-likeness (QED) is 0.810. The third-order valence-corrected chi connectivity index (χ3v) is 4.50. The average molecular weight is 289 g/mol. The zero-order valence-corrected chi connectivity index (χ0v) is 12.1. The molecule has 0 spiro atoms. The first-order valence-corrected chi connectivity index (χ1v) is 7.79. The van der Waals surface area contributed by atoms with Crippen molar-refractivity contribution in [2.45, 2.75) is 18.7 Å². The number of sulfone groups is 1. The van der Waals surface area contributed by atoms with Crippen LogP contribution in [-0.2, 0) is 9.84 Å². The summed E-state index contributed by atoms with van der Waals surface area (Å²) in [5.74, 6) is -0.947. The number of hydrogen-bond acceptors (Lipinski definition) is 4. The van der Waals surface area contributed by atoms with Crippen LogP contribution in [0.1, 0.15) is 21.6 Å². The number of carbonyl (C=O) groups is 1. The lowest BCUT2D eigenvalue weighted by molar-refractivity contribution is 0.102. The van der Waals surface area contributed by atoms with Crippen LogP contribution in [0.2, 0.25) is 0 Å². The van der Waals surface area contributed by atoms with E-state index >= 15 is 0 Å². The van der Waals surface area contributed by atoms with Crippen LogP contribution in [0.4, 0.5) is 0 Å². The Hall–Kier alpha value is -2.01. The second kappa shape index (κ2) is 5.54. The van der Waals surface area contributed by atoms with Crippen LogP contribution in [0.25, 0.3) is 0 Å². The molecule has 0 atom stereocenters. The summed E-state index contributed by atoms with van der Waals surface area (Å²) in [7, 11) is -3.61. The van der Waals surface area contributed by atoms with Gasteiger partial charge >= 0.3 is 0 Å². The molecule has 0 unspecified atom stereocenters. The van der Waals surface area contributed by atoms with Gasteiger partial charge in [-0.05, 0) is 43.7 Å². The topological polar surface area (TPSA) is 64.1 Å². The van der Waals surface area contributed by atoms with Crippen molar-refractivity contribution in [3.05, 3.63) is 59.4 Å². The molecule has 0 aliphatic heterocycles. The molecule has 1 aromatic heterocycles. The van der Waals surface area contributed by atoms with Crippen molar-refractivity contribution >= 4 is 15.6 Å². The third kappa shape index (κ3) is 3.30. The average Bonchev–Trinajstić information content (AvgIpc) is 2.38. The molecule has 0 aliphatic rings. The molecule has 2 aromatic rings. The van der Waals surface area contributed by atoms with Gasteiger partial charge in [-0.2, -0.15) is 0 Å². The molecule has 0 saturated carbocycles. The predicted molar refractivity (Wildman–Crippen MR) is 76.5 cm³/mol. The molecule has 0 fully saturated rings. The van der Waals surface area contributed by atoms with Gasteiger partial charge in [0, 0.05) is 17.5 Å². The Balaban J connectivity index is 2.27. The minimum absolute atomic E-state index is 0.177. The highest BCUT2D eigenvalue weighted by atomic mass is 32.2. The first kappa shape index (κ1) is 14.4. The lowest BCUT2D eigenvalue weighted by atomic mass is 10.2. The number of rotatable bonds is 4. The fourth-order valence-corrected chi connectivity index (χ4v) is 3.20. The van der Waals surface area contributed by atoms with Gasteiger partial charge in [-0.15, -0.1) is 0 Å². The molecule has 1 aromatic carbocycles. The number of benzene rings is 1. The molecule has 4 nitrogen and oxygen atoms in total. The van der Waals surface area contributed by atoms with Crippen molar-refractivity contribution in [1.82, 2.24) is 4.98 Å². The fourth-order valence-electron chi connectivity index (χ4n) is 1.87. The molecular weight excluding hydrogens is 274 g/mol. The second-order valence-electron chi connectivity index (χ2n) is 4.68. The fraction of sp³-hybridized carbons (Fsp3) is 0.200. The summed E-state index contributed by atoms with van der Waals surface area (Å²) in [5.41, 5.74) is 1.90.